The van der Waals surface area contributed by atoms with Crippen LogP contribution in [-0.4, -0.2) is 49.9 Å². The van der Waals surface area contributed by atoms with Gasteiger partial charge < -0.3 is 15.5 Å². The minimum Gasteiger partial charge on any atom is -0.351 e. The largest absolute Gasteiger partial charge is 0.351 e. The topological polar surface area (TPSA) is 74.3 Å². The number of benzene rings is 1. The third kappa shape index (κ3) is 10.4. The molecule has 2 unspecified atom stereocenters. The summed E-state index contributed by atoms with van der Waals surface area (Å²) in [6.45, 7) is 10.5. The summed E-state index contributed by atoms with van der Waals surface area (Å²) in [4.78, 5) is 25.9. The summed E-state index contributed by atoms with van der Waals surface area (Å²) < 4.78 is 0. The molecule has 1 aliphatic rings. The molecule has 6 nitrogen and oxygen atoms in total. The van der Waals surface area contributed by atoms with Gasteiger partial charge in [0, 0.05) is 62.1 Å². The van der Waals surface area contributed by atoms with Gasteiger partial charge in [-0.3, -0.25) is 14.6 Å². The second kappa shape index (κ2) is 13.1. The van der Waals surface area contributed by atoms with Gasteiger partial charge in [0.15, 0.2) is 0 Å². The number of amides is 2. The van der Waals surface area contributed by atoms with Crippen LogP contribution in [0.1, 0.15) is 50.7 Å². The van der Waals surface area contributed by atoms with Gasteiger partial charge in [0.2, 0.25) is 12.8 Å². The van der Waals surface area contributed by atoms with Crippen LogP contribution in [0.3, 0.4) is 0 Å². The van der Waals surface area contributed by atoms with E-state index in [-0.39, 0.29) is 5.92 Å². The lowest BCUT2D eigenvalue weighted by Crippen LogP contribution is -2.12. The van der Waals surface area contributed by atoms with Crippen LogP contribution in [-0.2, 0) is 9.59 Å². The van der Waals surface area contributed by atoms with Crippen molar-refractivity contribution in [1.82, 2.24) is 15.2 Å². The number of hydrogen-bond donors (Lipinski definition) is 2. The molecule has 2 heterocycles. The summed E-state index contributed by atoms with van der Waals surface area (Å²) in [6, 6.07) is 9.71. The van der Waals surface area contributed by atoms with Gasteiger partial charge in [-0.25, -0.2) is 0 Å². The minimum atomic E-state index is 0.286. The Labute approximate surface area is 191 Å². The van der Waals surface area contributed by atoms with Crippen LogP contribution in [0.15, 0.2) is 42.7 Å². The first-order valence-electron chi connectivity index (χ1n) is 10.3. The van der Waals surface area contributed by atoms with Crippen molar-refractivity contribution in [3.63, 3.8) is 0 Å². The SMILES string of the molecule is CC(C)(C)C.CN(C)C=O.O=CNc1cc(Cl)ccc1C1CNCC1c1cccnc1. The van der Waals surface area contributed by atoms with Crippen LogP contribution >= 0.6 is 11.6 Å². The lowest BCUT2D eigenvalue weighted by molar-refractivity contribution is -0.115. The molecule has 2 atom stereocenters. The van der Waals surface area contributed by atoms with Crippen LogP contribution in [0.25, 0.3) is 0 Å². The Morgan fingerprint density at radius 2 is 1.74 bits per heavy atom. The van der Waals surface area contributed by atoms with E-state index in [0.29, 0.717) is 22.8 Å². The second-order valence-electron chi connectivity index (χ2n) is 9.22. The fourth-order valence-electron chi connectivity index (χ4n) is 2.99. The summed E-state index contributed by atoms with van der Waals surface area (Å²) in [5.74, 6) is 0.626. The lowest BCUT2D eigenvalue weighted by atomic mass is 9.84. The predicted molar refractivity (Wildman–Crippen MR) is 129 cm³/mol. The molecule has 1 fully saturated rings. The van der Waals surface area contributed by atoms with Crippen LogP contribution in [0, 0.1) is 5.41 Å². The van der Waals surface area contributed by atoms with Gasteiger partial charge in [0.05, 0.1) is 0 Å². The monoisotopic (exact) mass is 446 g/mol. The van der Waals surface area contributed by atoms with Crippen molar-refractivity contribution in [2.45, 2.75) is 39.5 Å². The number of halogens is 1. The molecule has 0 radical (unpaired) electrons. The van der Waals surface area contributed by atoms with Crippen LogP contribution in [0.2, 0.25) is 5.02 Å². The third-order valence-corrected chi connectivity index (χ3v) is 4.40. The molecule has 0 aliphatic carbocycles. The first-order valence-corrected chi connectivity index (χ1v) is 10.7. The van der Waals surface area contributed by atoms with E-state index < -0.39 is 0 Å². The van der Waals surface area contributed by atoms with Crippen molar-refractivity contribution in [3.8, 4) is 0 Å². The first kappa shape index (κ1) is 26.6. The molecule has 31 heavy (non-hydrogen) atoms. The average Bonchev–Trinajstić information content (AvgIpc) is 3.18. The number of hydrogen-bond acceptors (Lipinski definition) is 4. The number of anilines is 1. The number of pyridine rings is 1. The molecule has 1 aromatic carbocycles. The van der Waals surface area contributed by atoms with Gasteiger partial charge in [-0.1, -0.05) is 51.4 Å². The molecular weight excluding hydrogens is 412 g/mol. The zero-order valence-electron chi connectivity index (χ0n) is 19.4. The van der Waals surface area contributed by atoms with Gasteiger partial charge in [-0.2, -0.15) is 0 Å². The Kier molecular flexibility index (Phi) is 11.2. The van der Waals surface area contributed by atoms with Gasteiger partial charge in [0.1, 0.15) is 0 Å². The van der Waals surface area contributed by atoms with E-state index in [1.54, 1.807) is 26.4 Å². The molecule has 7 heteroatoms. The number of carbonyl (C=O) groups is 2. The van der Waals surface area contributed by atoms with E-state index in [4.69, 9.17) is 11.6 Å². The van der Waals surface area contributed by atoms with E-state index in [9.17, 15) is 9.59 Å². The number of nitrogens with zero attached hydrogens (tertiary/aromatic N) is 2. The van der Waals surface area contributed by atoms with Gasteiger partial charge in [-0.05, 0) is 34.7 Å². The molecule has 2 aromatic rings. The summed E-state index contributed by atoms with van der Waals surface area (Å²) in [5, 5.41) is 6.80. The Hall–Kier alpha value is -2.44. The zero-order chi connectivity index (χ0) is 23.4. The van der Waals surface area contributed by atoms with Crippen molar-refractivity contribution >= 4 is 30.1 Å². The van der Waals surface area contributed by atoms with E-state index in [1.165, 1.54) is 10.5 Å². The summed E-state index contributed by atoms with van der Waals surface area (Å²) in [6.07, 6.45) is 5.13. The lowest BCUT2D eigenvalue weighted by Gasteiger charge is -2.21. The fraction of sp³-hybridized carbons (Fsp3) is 0.458. The Morgan fingerprint density at radius 3 is 2.26 bits per heavy atom. The molecular formula is C24H35ClN4O2. The fourth-order valence-corrected chi connectivity index (χ4v) is 3.16. The Morgan fingerprint density at radius 1 is 1.13 bits per heavy atom. The maximum absolute atomic E-state index is 10.8. The molecule has 0 spiro atoms. The van der Waals surface area contributed by atoms with Crippen molar-refractivity contribution in [2.24, 2.45) is 5.41 Å². The van der Waals surface area contributed by atoms with Crippen molar-refractivity contribution < 1.29 is 9.59 Å². The van der Waals surface area contributed by atoms with Crippen LogP contribution in [0.4, 0.5) is 5.69 Å². The van der Waals surface area contributed by atoms with Crippen molar-refractivity contribution in [2.75, 3.05) is 32.5 Å². The number of rotatable bonds is 5. The normalized spacial score (nSPS) is 17.4. The highest BCUT2D eigenvalue weighted by atomic mass is 35.5. The van der Waals surface area contributed by atoms with Crippen molar-refractivity contribution in [1.29, 1.82) is 0 Å². The van der Waals surface area contributed by atoms with Gasteiger partial charge in [0.25, 0.3) is 0 Å². The highest BCUT2D eigenvalue weighted by Crippen LogP contribution is 2.39. The van der Waals surface area contributed by atoms with Crippen LogP contribution < -0.4 is 10.6 Å². The molecule has 0 saturated carbocycles. The number of aromatic nitrogens is 1. The van der Waals surface area contributed by atoms with E-state index in [2.05, 4.69) is 49.4 Å². The highest BCUT2D eigenvalue weighted by Gasteiger charge is 2.31. The molecule has 1 aromatic heterocycles. The molecule has 170 valence electrons. The third-order valence-electron chi connectivity index (χ3n) is 4.17. The number of carbonyl (C=O) groups excluding carboxylic acids is 2. The predicted octanol–water partition coefficient (Wildman–Crippen LogP) is 4.53. The van der Waals surface area contributed by atoms with Crippen molar-refractivity contribution in [3.05, 3.63) is 58.9 Å². The van der Waals surface area contributed by atoms with Gasteiger partial charge in [-0.15, -0.1) is 0 Å². The highest BCUT2D eigenvalue weighted by molar-refractivity contribution is 6.30. The maximum Gasteiger partial charge on any atom is 0.211 e. The zero-order valence-corrected chi connectivity index (χ0v) is 20.1. The Bertz CT molecular complexity index is 801. The summed E-state index contributed by atoms with van der Waals surface area (Å²) >= 11 is 6.03. The van der Waals surface area contributed by atoms with E-state index in [0.717, 1.165) is 30.8 Å². The minimum absolute atomic E-state index is 0.286. The maximum atomic E-state index is 10.8. The quantitative estimate of drug-likeness (QED) is 0.661. The first-order chi connectivity index (χ1) is 14.6. The van der Waals surface area contributed by atoms with Gasteiger partial charge >= 0.3 is 0 Å². The smallest absolute Gasteiger partial charge is 0.211 e. The molecule has 2 N–H and O–H groups in total. The summed E-state index contributed by atoms with van der Waals surface area (Å²) in [5.41, 5.74) is 3.59. The second-order valence-corrected chi connectivity index (χ2v) is 9.66. The summed E-state index contributed by atoms with van der Waals surface area (Å²) in [7, 11) is 3.38. The molecule has 3 rings (SSSR count). The molecule has 1 saturated heterocycles. The molecule has 0 bridgehead atoms. The molecule has 2 amide bonds. The van der Waals surface area contributed by atoms with Crippen LogP contribution in [0.5, 0.6) is 0 Å². The number of nitrogens with one attached hydrogen (secondary N) is 2. The van der Waals surface area contributed by atoms with E-state index >= 15 is 0 Å². The standard InChI is InChI=1S/C16H16ClN3O.C5H12.C3H7NO/c17-12-3-4-13(16(6-12)20-10-21)15-9-19-8-14(15)11-2-1-5-18-7-11;1-5(2,3)4;1-4(2)3-5/h1-7,10,14-15,19H,8-9H2,(H,20,21);1-4H3;3H,1-2H3. The van der Waals surface area contributed by atoms with E-state index in [1.807, 2.05) is 24.4 Å². The Balaban J connectivity index is 0.000000404. The average molecular weight is 447 g/mol. The molecule has 1 aliphatic heterocycles.